The number of hydrogen-bond acceptors (Lipinski definition) is 1. The second-order valence-electron chi connectivity index (χ2n) is 5.22. The first-order valence-corrected chi connectivity index (χ1v) is 6.92. The lowest BCUT2D eigenvalue weighted by Crippen LogP contribution is -1.86. The quantitative estimate of drug-likeness (QED) is 0.636. The van der Waals surface area contributed by atoms with Gasteiger partial charge in [0.25, 0.3) is 0 Å². The van der Waals surface area contributed by atoms with Crippen molar-refractivity contribution in [2.45, 2.75) is 20.3 Å². The molecule has 0 radical (unpaired) electrons. The molecule has 0 fully saturated rings. The highest BCUT2D eigenvalue weighted by Gasteiger charge is 2.09. The van der Waals surface area contributed by atoms with Crippen molar-refractivity contribution in [2.24, 2.45) is 0 Å². The molecule has 2 aromatic carbocycles. The normalized spacial score (nSPS) is 10.7. The Morgan fingerprint density at radius 1 is 0.850 bits per heavy atom. The Labute approximate surface area is 119 Å². The molecule has 0 amide bonds. The molecule has 1 nitrogen and oxygen atoms in total. The molecule has 0 aliphatic rings. The van der Waals surface area contributed by atoms with Crippen molar-refractivity contribution in [3.05, 3.63) is 83.1 Å². The maximum Gasteiger partial charge on any atom is 0.134 e. The van der Waals surface area contributed by atoms with E-state index in [2.05, 4.69) is 61.5 Å². The molecule has 0 bridgehead atoms. The van der Waals surface area contributed by atoms with Crippen LogP contribution in [-0.4, -0.2) is 0 Å². The molecule has 0 N–H and O–H groups in total. The van der Waals surface area contributed by atoms with Gasteiger partial charge in [-0.1, -0.05) is 60.2 Å². The van der Waals surface area contributed by atoms with Gasteiger partial charge in [0.15, 0.2) is 0 Å². The van der Waals surface area contributed by atoms with Gasteiger partial charge in [0.2, 0.25) is 0 Å². The molecule has 0 saturated heterocycles. The number of furan rings is 1. The third-order valence-corrected chi connectivity index (χ3v) is 3.59. The largest absolute Gasteiger partial charge is 0.461 e. The molecule has 1 aromatic heterocycles. The van der Waals surface area contributed by atoms with Crippen molar-refractivity contribution in [1.29, 1.82) is 0 Å². The maximum atomic E-state index is 5.91. The van der Waals surface area contributed by atoms with Crippen molar-refractivity contribution in [2.75, 3.05) is 0 Å². The lowest BCUT2D eigenvalue weighted by Gasteiger charge is -1.98. The standard InChI is InChI=1S/C19H18O/c1-14-8-10-17(11-9-14)19-13-18(15(2)20-19)12-16-6-4-3-5-7-16/h3-11,13H,12H2,1-2H3. The molecule has 0 unspecified atom stereocenters. The first-order chi connectivity index (χ1) is 9.72. The van der Waals surface area contributed by atoms with Crippen molar-refractivity contribution in [3.8, 4) is 11.3 Å². The highest BCUT2D eigenvalue weighted by molar-refractivity contribution is 5.59. The van der Waals surface area contributed by atoms with Crippen LogP contribution >= 0.6 is 0 Å². The van der Waals surface area contributed by atoms with E-state index in [1.54, 1.807) is 0 Å². The van der Waals surface area contributed by atoms with Gasteiger partial charge >= 0.3 is 0 Å². The average Bonchev–Trinajstić information content (AvgIpc) is 2.82. The number of rotatable bonds is 3. The van der Waals surface area contributed by atoms with Crippen molar-refractivity contribution < 1.29 is 4.42 Å². The molecule has 0 aliphatic heterocycles. The van der Waals surface area contributed by atoms with Crippen molar-refractivity contribution in [3.63, 3.8) is 0 Å². The third-order valence-electron chi connectivity index (χ3n) is 3.59. The topological polar surface area (TPSA) is 13.1 Å². The predicted molar refractivity (Wildman–Crippen MR) is 82.9 cm³/mol. The zero-order valence-electron chi connectivity index (χ0n) is 11.9. The molecule has 0 aliphatic carbocycles. The highest BCUT2D eigenvalue weighted by atomic mass is 16.3. The number of benzene rings is 2. The van der Waals surface area contributed by atoms with Gasteiger partial charge in [0, 0.05) is 12.0 Å². The maximum absolute atomic E-state index is 5.91. The summed E-state index contributed by atoms with van der Waals surface area (Å²) in [5.41, 5.74) is 4.97. The van der Waals surface area contributed by atoms with Crippen LogP contribution in [0.1, 0.15) is 22.5 Å². The molecule has 1 heteroatoms. The van der Waals surface area contributed by atoms with Crippen LogP contribution in [0.15, 0.2) is 65.1 Å². The molecule has 0 spiro atoms. The molecule has 100 valence electrons. The first kappa shape index (κ1) is 12.7. The van der Waals surface area contributed by atoms with E-state index in [0.717, 1.165) is 23.5 Å². The van der Waals surface area contributed by atoms with Gasteiger partial charge in [-0.25, -0.2) is 0 Å². The van der Waals surface area contributed by atoms with Crippen LogP contribution in [0.25, 0.3) is 11.3 Å². The molecular weight excluding hydrogens is 244 g/mol. The Kier molecular flexibility index (Phi) is 3.42. The summed E-state index contributed by atoms with van der Waals surface area (Å²) in [5.74, 6) is 1.96. The summed E-state index contributed by atoms with van der Waals surface area (Å²) in [6, 6.07) is 21.1. The van der Waals surface area contributed by atoms with Crippen molar-refractivity contribution >= 4 is 0 Å². The minimum atomic E-state index is 0.919. The van der Waals surface area contributed by atoms with Crippen LogP contribution in [0.4, 0.5) is 0 Å². The Hall–Kier alpha value is -2.28. The molecule has 3 rings (SSSR count). The van der Waals surface area contributed by atoms with E-state index < -0.39 is 0 Å². The smallest absolute Gasteiger partial charge is 0.134 e. The van der Waals surface area contributed by atoms with Gasteiger partial charge in [-0.15, -0.1) is 0 Å². The lowest BCUT2D eigenvalue weighted by molar-refractivity contribution is 0.544. The Morgan fingerprint density at radius 2 is 1.55 bits per heavy atom. The predicted octanol–water partition coefficient (Wildman–Crippen LogP) is 5.15. The van der Waals surface area contributed by atoms with Crippen LogP contribution < -0.4 is 0 Å². The molecule has 0 saturated carbocycles. The summed E-state index contributed by atoms with van der Waals surface area (Å²) in [6.45, 7) is 4.13. The summed E-state index contributed by atoms with van der Waals surface area (Å²) in [4.78, 5) is 0. The molecule has 20 heavy (non-hydrogen) atoms. The third kappa shape index (κ3) is 2.67. The summed E-state index contributed by atoms with van der Waals surface area (Å²) < 4.78 is 5.91. The van der Waals surface area contributed by atoms with Crippen LogP contribution in [0.5, 0.6) is 0 Å². The Morgan fingerprint density at radius 3 is 2.25 bits per heavy atom. The average molecular weight is 262 g/mol. The van der Waals surface area contributed by atoms with Gasteiger partial charge in [0.05, 0.1) is 0 Å². The second-order valence-corrected chi connectivity index (χ2v) is 5.22. The van der Waals surface area contributed by atoms with Gasteiger partial charge in [-0.05, 0) is 31.0 Å². The fraction of sp³-hybridized carbons (Fsp3) is 0.158. The van der Waals surface area contributed by atoms with Gasteiger partial charge < -0.3 is 4.42 Å². The fourth-order valence-electron chi connectivity index (χ4n) is 2.37. The molecule has 3 aromatic rings. The molecular formula is C19H18O. The minimum Gasteiger partial charge on any atom is -0.461 e. The van der Waals surface area contributed by atoms with E-state index >= 15 is 0 Å². The van der Waals surface area contributed by atoms with Gasteiger partial charge in [0.1, 0.15) is 11.5 Å². The zero-order valence-corrected chi connectivity index (χ0v) is 11.9. The van der Waals surface area contributed by atoms with Crippen molar-refractivity contribution in [1.82, 2.24) is 0 Å². The minimum absolute atomic E-state index is 0.919. The SMILES string of the molecule is Cc1ccc(-c2cc(Cc3ccccc3)c(C)o2)cc1. The summed E-state index contributed by atoms with van der Waals surface area (Å²) in [6.07, 6.45) is 0.919. The van der Waals surface area contributed by atoms with Crippen LogP contribution in [0.2, 0.25) is 0 Å². The molecule has 1 heterocycles. The van der Waals surface area contributed by atoms with Gasteiger partial charge in [-0.3, -0.25) is 0 Å². The number of hydrogen-bond donors (Lipinski definition) is 0. The highest BCUT2D eigenvalue weighted by Crippen LogP contribution is 2.27. The number of aryl methyl sites for hydroxylation is 2. The van der Waals surface area contributed by atoms with E-state index in [0.29, 0.717) is 0 Å². The van der Waals surface area contributed by atoms with Crippen LogP contribution in [0.3, 0.4) is 0 Å². The monoisotopic (exact) mass is 262 g/mol. The Bertz CT molecular complexity index is 690. The van der Waals surface area contributed by atoms with Crippen LogP contribution in [0, 0.1) is 13.8 Å². The summed E-state index contributed by atoms with van der Waals surface area (Å²) in [7, 11) is 0. The summed E-state index contributed by atoms with van der Waals surface area (Å²) >= 11 is 0. The second kappa shape index (κ2) is 5.38. The van der Waals surface area contributed by atoms with E-state index in [-0.39, 0.29) is 0 Å². The molecule has 0 atom stereocenters. The van der Waals surface area contributed by atoms with Crippen LogP contribution in [-0.2, 0) is 6.42 Å². The Balaban J connectivity index is 1.89. The fourth-order valence-corrected chi connectivity index (χ4v) is 2.37. The zero-order chi connectivity index (χ0) is 13.9. The van der Waals surface area contributed by atoms with E-state index in [1.165, 1.54) is 16.7 Å². The van der Waals surface area contributed by atoms with Gasteiger partial charge in [-0.2, -0.15) is 0 Å². The lowest BCUT2D eigenvalue weighted by atomic mass is 10.0. The van der Waals surface area contributed by atoms with E-state index in [4.69, 9.17) is 4.42 Å². The van der Waals surface area contributed by atoms with E-state index in [1.807, 2.05) is 13.0 Å². The first-order valence-electron chi connectivity index (χ1n) is 6.92. The van der Waals surface area contributed by atoms with E-state index in [9.17, 15) is 0 Å². The summed E-state index contributed by atoms with van der Waals surface area (Å²) in [5, 5.41) is 0.